The Kier molecular flexibility index (Phi) is 7.67. The van der Waals surface area contributed by atoms with Gasteiger partial charge in [0.05, 0.1) is 19.8 Å². The molecule has 0 aromatic rings. The van der Waals surface area contributed by atoms with E-state index >= 15 is 0 Å². The molecule has 0 aromatic heterocycles. The molecule has 0 unspecified atom stereocenters. The van der Waals surface area contributed by atoms with Crippen LogP contribution >= 0.6 is 0 Å². The normalized spacial score (nSPS) is 21.0. The molecule has 0 spiro atoms. The van der Waals surface area contributed by atoms with Gasteiger partial charge in [0.15, 0.2) is 0 Å². The predicted octanol–water partition coefficient (Wildman–Crippen LogP) is -4.07. The summed E-state index contributed by atoms with van der Waals surface area (Å²) in [6.07, 6.45) is 0. The molecule has 1 saturated heterocycles. The summed E-state index contributed by atoms with van der Waals surface area (Å²) < 4.78 is 5.18. The van der Waals surface area contributed by atoms with Gasteiger partial charge in [-0.1, -0.05) is 0 Å². The number of rotatable bonds is 1. The smallest absolute Gasteiger partial charge is 0.370 e. The average molecular weight is 202 g/mol. The van der Waals surface area contributed by atoms with Crippen LogP contribution in [0.25, 0.3) is 0 Å². The van der Waals surface area contributed by atoms with Crippen molar-refractivity contribution < 1.29 is 67.8 Å². The number of hydrogen-bond donors (Lipinski definition) is 1. The molecular weight excluding hydrogens is 188 g/mol. The first-order valence-corrected chi connectivity index (χ1v) is 3.35. The Bertz CT molecular complexity index is 64.1. The number of hydrogen-bond acceptors (Lipinski definition) is 1. The molecule has 0 aliphatic carbocycles. The summed E-state index contributed by atoms with van der Waals surface area (Å²) in [5.41, 5.74) is 0. The van der Waals surface area contributed by atoms with Crippen LogP contribution in [0.4, 0.5) is 0 Å². The van der Waals surface area contributed by atoms with Crippen LogP contribution in [-0.4, -0.2) is 32.8 Å². The third-order valence-electron chi connectivity index (χ3n) is 1.70. The van der Waals surface area contributed by atoms with Gasteiger partial charge in [0, 0.05) is 0 Å². The van der Waals surface area contributed by atoms with Crippen molar-refractivity contribution in [3.8, 4) is 0 Å². The van der Waals surface area contributed by atoms with Crippen LogP contribution < -0.4 is 63.1 Å². The molecule has 0 radical (unpaired) electrons. The molecule has 2 nitrogen and oxygen atoms in total. The van der Waals surface area contributed by atoms with E-state index in [9.17, 15) is 0 Å². The topological polar surface area (TPSA) is 13.7 Å². The first-order valence-electron chi connectivity index (χ1n) is 3.35. The molecule has 0 atom stereocenters. The number of quaternary nitrogens is 1. The summed E-state index contributed by atoms with van der Waals surface area (Å²) in [7, 11) is 0. The van der Waals surface area contributed by atoms with Gasteiger partial charge in [0.25, 0.3) is 0 Å². The van der Waals surface area contributed by atoms with Gasteiger partial charge in [-0.25, -0.2) is 0 Å². The maximum Gasteiger partial charge on any atom is 1.00 e. The van der Waals surface area contributed by atoms with Gasteiger partial charge in [-0.3, -0.25) is 0 Å². The molecule has 1 N–H and O–H groups in total. The van der Waals surface area contributed by atoms with E-state index in [0.717, 1.165) is 13.2 Å². The van der Waals surface area contributed by atoms with Crippen LogP contribution in [-0.2, 0) is 4.74 Å². The Morgan fingerprint density at radius 3 is 2.22 bits per heavy atom. The van der Waals surface area contributed by atoms with E-state index in [1.54, 1.807) is 4.90 Å². The Hall–Kier alpha value is 1.73. The van der Waals surface area contributed by atoms with E-state index in [4.69, 9.17) is 4.74 Å². The van der Waals surface area contributed by atoms with E-state index in [1.165, 1.54) is 19.6 Å². The van der Waals surface area contributed by atoms with Gasteiger partial charge >= 0.3 is 58.2 Å². The average Bonchev–Trinajstić information content (AvgIpc) is 1.90. The zero-order valence-electron chi connectivity index (χ0n) is 6.44. The van der Waals surface area contributed by atoms with E-state index < -0.39 is 0 Å². The monoisotopic (exact) mass is 201 g/mol. The second-order valence-electron chi connectivity index (χ2n) is 2.22. The fourth-order valence-corrected chi connectivity index (χ4v) is 1.01. The molecule has 1 fully saturated rings. The van der Waals surface area contributed by atoms with Crippen molar-refractivity contribution in [3.05, 3.63) is 0 Å². The molecule has 0 bridgehead atoms. The maximum absolute atomic E-state index is 5.18. The first-order chi connectivity index (χ1) is 3.93. The number of morpholine rings is 1. The summed E-state index contributed by atoms with van der Waals surface area (Å²) in [6, 6.07) is 0. The summed E-state index contributed by atoms with van der Waals surface area (Å²) in [5.74, 6) is 0. The Balaban J connectivity index is 0.000000640. The zero-order chi connectivity index (χ0) is 5.82. The van der Waals surface area contributed by atoms with Gasteiger partial charge in [0.1, 0.15) is 13.1 Å². The molecule has 0 aromatic carbocycles. The molecule has 48 valence electrons. The van der Waals surface area contributed by atoms with Crippen LogP contribution in [0.1, 0.15) is 6.92 Å². The fourth-order valence-electron chi connectivity index (χ4n) is 1.01. The molecule has 1 heterocycles. The van der Waals surface area contributed by atoms with Crippen LogP contribution in [0, 0.1) is 0 Å². The zero-order valence-corrected chi connectivity index (χ0v) is 11.4. The standard InChI is InChI=1S/C6H13NO.Rb/c1-2-7-3-5-8-6-4-7;/h2-6H2,1H3;/q;+1/p+1. The fraction of sp³-hybridized carbons (Fsp3) is 1.00. The first kappa shape index (κ1) is 10.7. The quantitative estimate of drug-likeness (QED) is 0.456. The third kappa shape index (κ3) is 4.22. The van der Waals surface area contributed by atoms with Crippen molar-refractivity contribution in [1.29, 1.82) is 0 Å². The minimum absolute atomic E-state index is 0. The molecule has 1 rings (SSSR count). The summed E-state index contributed by atoms with van der Waals surface area (Å²) in [6.45, 7) is 7.81. The minimum atomic E-state index is 0. The number of likely N-dealkylation sites (N-methyl/N-ethyl adjacent to an activating group) is 1. The van der Waals surface area contributed by atoms with Gasteiger partial charge in [-0.15, -0.1) is 0 Å². The minimum Gasteiger partial charge on any atom is -0.370 e. The van der Waals surface area contributed by atoms with Crippen LogP contribution in [0.15, 0.2) is 0 Å². The molecule has 3 heteroatoms. The summed E-state index contributed by atoms with van der Waals surface area (Å²) in [5, 5.41) is 0. The summed E-state index contributed by atoms with van der Waals surface area (Å²) >= 11 is 0. The van der Waals surface area contributed by atoms with Crippen molar-refractivity contribution >= 4 is 0 Å². The van der Waals surface area contributed by atoms with Gasteiger partial charge in [-0.2, -0.15) is 0 Å². The molecule has 0 saturated carbocycles. The second-order valence-corrected chi connectivity index (χ2v) is 2.22. The molecule has 0 amide bonds. The van der Waals surface area contributed by atoms with E-state index in [0.29, 0.717) is 0 Å². The van der Waals surface area contributed by atoms with Crippen molar-refractivity contribution in [1.82, 2.24) is 0 Å². The van der Waals surface area contributed by atoms with E-state index in [2.05, 4.69) is 6.92 Å². The molecule has 1 aliphatic rings. The maximum atomic E-state index is 5.18. The summed E-state index contributed by atoms with van der Waals surface area (Å²) in [4.78, 5) is 1.68. The van der Waals surface area contributed by atoms with Crippen LogP contribution in [0.5, 0.6) is 0 Å². The van der Waals surface area contributed by atoms with Gasteiger partial charge < -0.3 is 9.64 Å². The Morgan fingerprint density at radius 1 is 1.33 bits per heavy atom. The largest absolute Gasteiger partial charge is 1.00 e. The Morgan fingerprint density at radius 2 is 1.89 bits per heavy atom. The number of nitrogens with one attached hydrogen (secondary N) is 1. The van der Waals surface area contributed by atoms with Crippen molar-refractivity contribution in [2.24, 2.45) is 0 Å². The van der Waals surface area contributed by atoms with Gasteiger partial charge in [0.2, 0.25) is 0 Å². The van der Waals surface area contributed by atoms with Crippen LogP contribution in [0.2, 0.25) is 0 Å². The molecule has 9 heavy (non-hydrogen) atoms. The third-order valence-corrected chi connectivity index (χ3v) is 1.70. The van der Waals surface area contributed by atoms with Crippen molar-refractivity contribution in [3.63, 3.8) is 0 Å². The van der Waals surface area contributed by atoms with Crippen LogP contribution in [0.3, 0.4) is 0 Å². The van der Waals surface area contributed by atoms with E-state index in [-0.39, 0.29) is 58.2 Å². The number of ether oxygens (including phenoxy) is 1. The van der Waals surface area contributed by atoms with E-state index in [1.807, 2.05) is 0 Å². The predicted molar refractivity (Wildman–Crippen MR) is 32.1 cm³/mol. The Labute approximate surface area is 106 Å². The van der Waals surface area contributed by atoms with Crippen molar-refractivity contribution in [2.45, 2.75) is 6.92 Å². The van der Waals surface area contributed by atoms with Gasteiger partial charge in [-0.05, 0) is 6.92 Å². The SMILES string of the molecule is CC[NH+]1CCOCC1.[Rb+]. The molecule has 1 aliphatic heterocycles. The van der Waals surface area contributed by atoms with Crippen molar-refractivity contribution in [2.75, 3.05) is 32.8 Å². The second kappa shape index (κ2) is 6.44. The molecular formula is C6H14NORb+2.